The third-order valence-corrected chi connectivity index (χ3v) is 4.72. The molecule has 0 unspecified atom stereocenters. The topological polar surface area (TPSA) is 92.2 Å². The molecule has 2 rings (SSSR count). The van der Waals surface area contributed by atoms with Gasteiger partial charge in [0.2, 0.25) is 5.91 Å². The third kappa shape index (κ3) is 5.44. The first-order valence-corrected chi connectivity index (χ1v) is 8.39. The average Bonchev–Trinajstić information content (AvgIpc) is 2.86. The molecule has 0 saturated carbocycles. The zero-order valence-corrected chi connectivity index (χ0v) is 13.8. The van der Waals surface area contributed by atoms with Gasteiger partial charge in [-0.25, -0.2) is 9.97 Å². The number of aromatic nitrogens is 2. The van der Waals surface area contributed by atoms with Crippen LogP contribution in [0.25, 0.3) is 0 Å². The fourth-order valence-electron chi connectivity index (χ4n) is 1.35. The predicted molar refractivity (Wildman–Crippen MR) is 84.7 cm³/mol. The molecule has 1 amide bonds. The van der Waals surface area contributed by atoms with E-state index in [0.717, 1.165) is 4.47 Å². The highest BCUT2D eigenvalue weighted by atomic mass is 79.9. The lowest BCUT2D eigenvalue weighted by Gasteiger charge is -2.02. The number of carbonyl (C=O) groups excluding carboxylic acids is 1. The summed E-state index contributed by atoms with van der Waals surface area (Å²) in [5, 5.41) is 13.0. The van der Waals surface area contributed by atoms with E-state index in [-0.39, 0.29) is 18.1 Å². The van der Waals surface area contributed by atoms with Gasteiger partial charge in [0.05, 0.1) is 17.9 Å². The maximum atomic E-state index is 11.8. The van der Waals surface area contributed by atoms with Crippen molar-refractivity contribution < 1.29 is 14.7 Å². The molecule has 2 aromatic heterocycles. The monoisotopic (exact) mass is 387 g/mol. The Labute approximate surface area is 137 Å². The van der Waals surface area contributed by atoms with E-state index in [9.17, 15) is 9.59 Å². The number of nitrogens with zero attached hydrogens (tertiary/aromatic N) is 2. The van der Waals surface area contributed by atoms with Crippen LogP contribution in [0.4, 0.5) is 5.82 Å². The molecule has 110 valence electrons. The number of carboxylic acids is 1. The molecular formula is C12H10BrN3O3S2. The number of aliphatic carboxylic acids is 1. The smallest absolute Gasteiger partial charge is 0.309 e. The minimum atomic E-state index is -0.920. The van der Waals surface area contributed by atoms with Gasteiger partial charge in [0.15, 0.2) is 4.34 Å². The second kappa shape index (κ2) is 7.53. The Kier molecular flexibility index (Phi) is 5.71. The van der Waals surface area contributed by atoms with Crippen molar-refractivity contribution in [1.82, 2.24) is 9.97 Å². The van der Waals surface area contributed by atoms with Crippen LogP contribution in [0.2, 0.25) is 0 Å². The molecule has 0 aliphatic carbocycles. The van der Waals surface area contributed by atoms with Gasteiger partial charge in [0, 0.05) is 16.0 Å². The minimum absolute atomic E-state index is 0.105. The molecule has 21 heavy (non-hydrogen) atoms. The van der Waals surface area contributed by atoms with Crippen LogP contribution in [0.3, 0.4) is 0 Å². The van der Waals surface area contributed by atoms with Gasteiger partial charge < -0.3 is 10.4 Å². The number of amides is 1. The molecule has 0 bridgehead atoms. The van der Waals surface area contributed by atoms with Crippen LogP contribution in [0.5, 0.6) is 0 Å². The van der Waals surface area contributed by atoms with Crippen molar-refractivity contribution in [2.75, 3.05) is 11.1 Å². The summed E-state index contributed by atoms with van der Waals surface area (Å²) in [4.78, 5) is 30.5. The fraction of sp³-hybridized carbons (Fsp3) is 0.167. The molecule has 0 saturated heterocycles. The van der Waals surface area contributed by atoms with E-state index in [2.05, 4.69) is 31.2 Å². The minimum Gasteiger partial charge on any atom is -0.481 e. The highest BCUT2D eigenvalue weighted by molar-refractivity contribution is 9.10. The number of halogens is 1. The molecule has 0 radical (unpaired) electrons. The quantitative estimate of drug-likeness (QED) is 0.740. The molecule has 0 spiro atoms. The van der Waals surface area contributed by atoms with Crippen molar-refractivity contribution in [2.24, 2.45) is 0 Å². The molecule has 9 heteroatoms. The lowest BCUT2D eigenvalue weighted by Crippen LogP contribution is -2.14. The highest BCUT2D eigenvalue weighted by Gasteiger charge is 2.09. The average molecular weight is 388 g/mol. The Hall–Kier alpha value is -1.45. The second-order valence-electron chi connectivity index (χ2n) is 3.87. The van der Waals surface area contributed by atoms with Crippen LogP contribution >= 0.6 is 39.0 Å². The van der Waals surface area contributed by atoms with Gasteiger partial charge >= 0.3 is 5.97 Å². The van der Waals surface area contributed by atoms with Crippen LogP contribution in [-0.2, 0) is 16.0 Å². The van der Waals surface area contributed by atoms with Crippen molar-refractivity contribution in [2.45, 2.75) is 10.8 Å². The van der Waals surface area contributed by atoms with Gasteiger partial charge in [-0.05, 0) is 28.1 Å². The SMILES string of the molecule is O=C(O)Cc1csc(SCC(=O)Nc2ccc(Br)cn2)n1. The van der Waals surface area contributed by atoms with Crippen molar-refractivity contribution >= 4 is 56.7 Å². The number of carboxylic acid groups (broad SMARTS) is 1. The summed E-state index contributed by atoms with van der Waals surface area (Å²) < 4.78 is 1.51. The van der Waals surface area contributed by atoms with Gasteiger partial charge in [-0.2, -0.15) is 0 Å². The number of thiazole rings is 1. The van der Waals surface area contributed by atoms with E-state index in [1.165, 1.54) is 23.1 Å². The lowest BCUT2D eigenvalue weighted by molar-refractivity contribution is -0.136. The van der Waals surface area contributed by atoms with Gasteiger partial charge in [-0.15, -0.1) is 11.3 Å². The van der Waals surface area contributed by atoms with Crippen LogP contribution in [0.15, 0.2) is 32.5 Å². The Bertz CT molecular complexity index is 645. The van der Waals surface area contributed by atoms with E-state index in [1.807, 2.05) is 0 Å². The number of nitrogens with one attached hydrogen (secondary N) is 1. The van der Waals surface area contributed by atoms with E-state index in [4.69, 9.17) is 5.11 Å². The Morgan fingerprint density at radius 2 is 2.24 bits per heavy atom. The lowest BCUT2D eigenvalue weighted by atomic mass is 10.3. The van der Waals surface area contributed by atoms with Crippen LogP contribution < -0.4 is 5.32 Å². The molecule has 0 fully saturated rings. The second-order valence-corrected chi connectivity index (χ2v) is 6.87. The summed E-state index contributed by atoms with van der Waals surface area (Å²) in [6.07, 6.45) is 1.49. The molecule has 2 N–H and O–H groups in total. The van der Waals surface area contributed by atoms with Gasteiger partial charge in [0.25, 0.3) is 0 Å². The fourth-order valence-corrected chi connectivity index (χ4v) is 3.23. The number of hydrogen-bond acceptors (Lipinski definition) is 6. The predicted octanol–water partition coefficient (Wildman–Crippen LogP) is 2.66. The number of rotatable bonds is 6. The molecule has 6 nitrogen and oxygen atoms in total. The standard InChI is InChI=1S/C12H10BrN3O3S2/c13-7-1-2-9(14-4-7)16-10(17)6-21-12-15-8(5-20-12)3-11(18)19/h1-2,4-5H,3,6H2,(H,18,19)(H,14,16,17). The molecule has 0 aliphatic rings. The number of anilines is 1. The van der Waals surface area contributed by atoms with E-state index < -0.39 is 5.97 Å². The van der Waals surface area contributed by atoms with E-state index in [1.54, 1.807) is 23.7 Å². The molecule has 0 aliphatic heterocycles. The first kappa shape index (κ1) is 15.9. The summed E-state index contributed by atoms with van der Waals surface area (Å²) in [6.45, 7) is 0. The highest BCUT2D eigenvalue weighted by Crippen LogP contribution is 2.23. The molecular weight excluding hydrogens is 378 g/mol. The van der Waals surface area contributed by atoms with Crippen molar-refractivity contribution in [3.8, 4) is 0 Å². The summed E-state index contributed by atoms with van der Waals surface area (Å²) in [5.74, 6) is -0.437. The Morgan fingerprint density at radius 3 is 2.90 bits per heavy atom. The largest absolute Gasteiger partial charge is 0.481 e. The zero-order chi connectivity index (χ0) is 15.2. The first-order valence-electron chi connectivity index (χ1n) is 5.73. The maximum absolute atomic E-state index is 11.8. The zero-order valence-electron chi connectivity index (χ0n) is 10.6. The first-order chi connectivity index (χ1) is 10.0. The summed E-state index contributed by atoms with van der Waals surface area (Å²) in [7, 11) is 0. The number of hydrogen-bond donors (Lipinski definition) is 2. The van der Waals surface area contributed by atoms with E-state index >= 15 is 0 Å². The third-order valence-electron chi connectivity index (χ3n) is 2.18. The van der Waals surface area contributed by atoms with Gasteiger partial charge in [-0.3, -0.25) is 9.59 Å². The summed E-state index contributed by atoms with van der Waals surface area (Å²) in [6, 6.07) is 3.48. The molecule has 0 atom stereocenters. The van der Waals surface area contributed by atoms with Crippen molar-refractivity contribution in [3.05, 3.63) is 33.9 Å². The van der Waals surface area contributed by atoms with Crippen molar-refractivity contribution in [3.63, 3.8) is 0 Å². The maximum Gasteiger partial charge on any atom is 0.309 e. The molecule has 2 aromatic rings. The van der Waals surface area contributed by atoms with Gasteiger partial charge in [0.1, 0.15) is 5.82 Å². The van der Waals surface area contributed by atoms with Crippen LogP contribution in [-0.4, -0.2) is 32.7 Å². The van der Waals surface area contributed by atoms with E-state index in [0.29, 0.717) is 15.9 Å². The molecule has 0 aromatic carbocycles. The normalized spacial score (nSPS) is 10.3. The van der Waals surface area contributed by atoms with Crippen LogP contribution in [0, 0.1) is 0 Å². The Balaban J connectivity index is 1.82. The number of thioether (sulfide) groups is 1. The number of pyridine rings is 1. The summed E-state index contributed by atoms with van der Waals surface area (Å²) in [5.41, 5.74) is 0.505. The van der Waals surface area contributed by atoms with Crippen LogP contribution in [0.1, 0.15) is 5.69 Å². The Morgan fingerprint density at radius 1 is 1.43 bits per heavy atom. The summed E-state index contributed by atoms with van der Waals surface area (Å²) >= 11 is 5.86. The molecule has 2 heterocycles. The van der Waals surface area contributed by atoms with Gasteiger partial charge in [-0.1, -0.05) is 11.8 Å². The number of carbonyl (C=O) groups is 2. The van der Waals surface area contributed by atoms with Crippen molar-refractivity contribution in [1.29, 1.82) is 0 Å².